The van der Waals surface area contributed by atoms with E-state index in [-0.39, 0.29) is 12.1 Å². The molecular weight excluding hydrogens is 240 g/mol. The zero-order valence-electron chi connectivity index (χ0n) is 11.0. The number of likely N-dealkylation sites (tertiary alicyclic amines) is 1. The van der Waals surface area contributed by atoms with Crippen molar-refractivity contribution < 1.29 is 9.53 Å². The molecule has 102 valence electrons. The number of nitrogens with one attached hydrogen (secondary N) is 1. The van der Waals surface area contributed by atoms with E-state index < -0.39 is 0 Å². The molecule has 1 aliphatic heterocycles. The third-order valence-corrected chi connectivity index (χ3v) is 3.19. The molecule has 0 bridgehead atoms. The number of benzene rings is 1. The molecule has 0 radical (unpaired) electrons. The summed E-state index contributed by atoms with van der Waals surface area (Å²) in [6.07, 6.45) is 2.51. The van der Waals surface area contributed by atoms with Crippen molar-refractivity contribution in [1.82, 2.24) is 10.2 Å². The van der Waals surface area contributed by atoms with Crippen molar-refractivity contribution in [2.45, 2.75) is 19.1 Å². The summed E-state index contributed by atoms with van der Waals surface area (Å²) in [5.41, 5.74) is 0.998. The molecule has 0 aromatic heterocycles. The molecule has 0 saturated carbocycles. The largest absolute Gasteiger partial charge is 0.445 e. The fourth-order valence-corrected chi connectivity index (χ4v) is 2.23. The fraction of sp³-hybridized carbons (Fsp3) is 0.400. The van der Waals surface area contributed by atoms with Gasteiger partial charge in [0.2, 0.25) is 0 Å². The molecular formula is C15H20N2O2. The summed E-state index contributed by atoms with van der Waals surface area (Å²) in [6, 6.07) is 9.87. The van der Waals surface area contributed by atoms with Gasteiger partial charge in [-0.15, -0.1) is 6.58 Å². The first-order chi connectivity index (χ1) is 9.28. The summed E-state index contributed by atoms with van der Waals surface area (Å²) in [5, 5.41) is 2.90. The molecule has 1 heterocycles. The van der Waals surface area contributed by atoms with Crippen LogP contribution in [0.4, 0.5) is 4.79 Å². The fourth-order valence-electron chi connectivity index (χ4n) is 2.23. The van der Waals surface area contributed by atoms with E-state index in [1.807, 2.05) is 36.4 Å². The molecule has 19 heavy (non-hydrogen) atoms. The van der Waals surface area contributed by atoms with Crippen molar-refractivity contribution in [2.75, 3.05) is 19.6 Å². The summed E-state index contributed by atoms with van der Waals surface area (Å²) in [5.74, 6) is 0. The molecule has 0 aliphatic carbocycles. The van der Waals surface area contributed by atoms with E-state index in [9.17, 15) is 4.79 Å². The Labute approximate surface area is 114 Å². The highest BCUT2D eigenvalue weighted by molar-refractivity contribution is 5.67. The molecule has 1 unspecified atom stereocenters. The zero-order chi connectivity index (χ0) is 13.5. The number of alkyl carbamates (subject to hydrolysis) is 1. The highest BCUT2D eigenvalue weighted by Crippen LogP contribution is 2.09. The molecule has 2 rings (SSSR count). The van der Waals surface area contributed by atoms with Crippen LogP contribution in [0.15, 0.2) is 43.0 Å². The van der Waals surface area contributed by atoms with Crippen LogP contribution in [-0.2, 0) is 11.3 Å². The second-order valence-electron chi connectivity index (χ2n) is 4.74. The SMILES string of the molecule is C=CCN1CCC(NC(=O)OCc2ccccc2)C1. The maximum absolute atomic E-state index is 11.7. The Morgan fingerprint density at radius 1 is 1.47 bits per heavy atom. The summed E-state index contributed by atoms with van der Waals surface area (Å²) in [4.78, 5) is 13.9. The minimum Gasteiger partial charge on any atom is -0.445 e. The number of ether oxygens (including phenoxy) is 1. The zero-order valence-corrected chi connectivity index (χ0v) is 11.0. The highest BCUT2D eigenvalue weighted by atomic mass is 16.5. The predicted molar refractivity (Wildman–Crippen MR) is 74.8 cm³/mol. The average Bonchev–Trinajstić information content (AvgIpc) is 2.85. The number of carbonyl (C=O) groups is 1. The molecule has 1 amide bonds. The molecule has 1 fully saturated rings. The van der Waals surface area contributed by atoms with Gasteiger partial charge in [-0.05, 0) is 12.0 Å². The number of rotatable bonds is 5. The van der Waals surface area contributed by atoms with E-state index in [0.29, 0.717) is 6.61 Å². The van der Waals surface area contributed by atoms with Crippen LogP contribution in [0, 0.1) is 0 Å². The minimum absolute atomic E-state index is 0.184. The van der Waals surface area contributed by atoms with E-state index in [1.54, 1.807) is 0 Å². The maximum Gasteiger partial charge on any atom is 0.407 e. The molecule has 0 spiro atoms. The molecule has 1 aromatic rings. The van der Waals surface area contributed by atoms with Crippen molar-refractivity contribution in [3.05, 3.63) is 48.6 Å². The van der Waals surface area contributed by atoms with Gasteiger partial charge in [0, 0.05) is 25.7 Å². The summed E-state index contributed by atoms with van der Waals surface area (Å²) in [6.45, 7) is 6.77. The van der Waals surface area contributed by atoms with E-state index in [4.69, 9.17) is 4.74 Å². The number of hydrogen-bond donors (Lipinski definition) is 1. The van der Waals surface area contributed by atoms with Crippen LogP contribution in [0.2, 0.25) is 0 Å². The van der Waals surface area contributed by atoms with Crippen LogP contribution in [0.5, 0.6) is 0 Å². The Morgan fingerprint density at radius 3 is 3.00 bits per heavy atom. The molecule has 1 N–H and O–H groups in total. The molecule has 1 atom stereocenters. The summed E-state index contributed by atoms with van der Waals surface area (Å²) >= 11 is 0. The predicted octanol–water partition coefficient (Wildman–Crippen LogP) is 2.17. The molecule has 1 saturated heterocycles. The van der Waals surface area contributed by atoms with Crippen molar-refractivity contribution in [3.63, 3.8) is 0 Å². The number of amides is 1. The second kappa shape index (κ2) is 6.95. The first-order valence-electron chi connectivity index (χ1n) is 6.58. The third-order valence-electron chi connectivity index (χ3n) is 3.19. The normalized spacial score (nSPS) is 19.1. The number of carbonyl (C=O) groups excluding carboxylic acids is 1. The van der Waals surface area contributed by atoms with E-state index in [2.05, 4.69) is 16.8 Å². The lowest BCUT2D eigenvalue weighted by Gasteiger charge is -2.14. The van der Waals surface area contributed by atoms with Crippen LogP contribution < -0.4 is 5.32 Å². The smallest absolute Gasteiger partial charge is 0.407 e. The van der Waals surface area contributed by atoms with Crippen LogP contribution >= 0.6 is 0 Å². The summed E-state index contributed by atoms with van der Waals surface area (Å²) < 4.78 is 5.20. The molecule has 4 nitrogen and oxygen atoms in total. The number of nitrogens with zero attached hydrogens (tertiary/aromatic N) is 1. The first kappa shape index (κ1) is 13.6. The highest BCUT2D eigenvalue weighted by Gasteiger charge is 2.23. The minimum atomic E-state index is -0.339. The van der Waals surface area contributed by atoms with Crippen LogP contribution in [0.3, 0.4) is 0 Å². The van der Waals surface area contributed by atoms with Crippen LogP contribution in [0.25, 0.3) is 0 Å². The standard InChI is InChI=1S/C15H20N2O2/c1-2-9-17-10-8-14(11-17)16-15(18)19-12-13-6-4-3-5-7-13/h2-7,14H,1,8-12H2,(H,16,18). The quantitative estimate of drug-likeness (QED) is 0.825. The van der Waals surface area contributed by atoms with Gasteiger partial charge in [-0.1, -0.05) is 36.4 Å². The molecule has 1 aromatic carbocycles. The lowest BCUT2D eigenvalue weighted by molar-refractivity contribution is 0.136. The molecule has 4 heteroatoms. The number of hydrogen-bond acceptors (Lipinski definition) is 3. The van der Waals surface area contributed by atoms with Crippen LogP contribution in [-0.4, -0.2) is 36.7 Å². The van der Waals surface area contributed by atoms with E-state index in [1.165, 1.54) is 0 Å². The van der Waals surface area contributed by atoms with Crippen LogP contribution in [0.1, 0.15) is 12.0 Å². The van der Waals surface area contributed by atoms with Gasteiger partial charge >= 0.3 is 6.09 Å². The Morgan fingerprint density at radius 2 is 2.26 bits per heavy atom. The van der Waals surface area contributed by atoms with Gasteiger partial charge in [0.15, 0.2) is 0 Å². The van der Waals surface area contributed by atoms with Crippen molar-refractivity contribution >= 4 is 6.09 Å². The third kappa shape index (κ3) is 4.41. The van der Waals surface area contributed by atoms with Gasteiger partial charge < -0.3 is 10.1 Å². The Kier molecular flexibility index (Phi) is 4.98. The maximum atomic E-state index is 11.7. The lowest BCUT2D eigenvalue weighted by atomic mass is 10.2. The van der Waals surface area contributed by atoms with E-state index in [0.717, 1.165) is 31.6 Å². The van der Waals surface area contributed by atoms with Gasteiger partial charge in [0.1, 0.15) is 6.61 Å². The Bertz CT molecular complexity index is 419. The van der Waals surface area contributed by atoms with E-state index >= 15 is 0 Å². The van der Waals surface area contributed by atoms with Crippen molar-refractivity contribution in [2.24, 2.45) is 0 Å². The van der Waals surface area contributed by atoms with Gasteiger partial charge in [0.25, 0.3) is 0 Å². The first-order valence-corrected chi connectivity index (χ1v) is 6.58. The Balaban J connectivity index is 1.69. The second-order valence-corrected chi connectivity index (χ2v) is 4.74. The van der Waals surface area contributed by atoms with Crippen molar-refractivity contribution in [1.29, 1.82) is 0 Å². The van der Waals surface area contributed by atoms with Crippen molar-refractivity contribution in [3.8, 4) is 0 Å². The topological polar surface area (TPSA) is 41.6 Å². The average molecular weight is 260 g/mol. The van der Waals surface area contributed by atoms with Gasteiger partial charge in [-0.2, -0.15) is 0 Å². The van der Waals surface area contributed by atoms with Gasteiger partial charge in [-0.25, -0.2) is 4.79 Å². The molecule has 1 aliphatic rings. The van der Waals surface area contributed by atoms with Gasteiger partial charge in [0.05, 0.1) is 0 Å². The Hall–Kier alpha value is -1.81. The monoisotopic (exact) mass is 260 g/mol. The lowest BCUT2D eigenvalue weighted by Crippen LogP contribution is -2.37. The van der Waals surface area contributed by atoms with Gasteiger partial charge in [-0.3, -0.25) is 4.90 Å². The summed E-state index contributed by atoms with van der Waals surface area (Å²) in [7, 11) is 0.